The molecule has 0 spiro atoms. The zero-order chi connectivity index (χ0) is 28.3. The summed E-state index contributed by atoms with van der Waals surface area (Å²) >= 11 is 6.16. The quantitative estimate of drug-likeness (QED) is 0.195. The summed E-state index contributed by atoms with van der Waals surface area (Å²) in [6.45, 7) is 3.65. The second-order valence-corrected chi connectivity index (χ2v) is 12.2. The number of pyridine rings is 1. The van der Waals surface area contributed by atoms with Gasteiger partial charge in [0.2, 0.25) is 0 Å². The van der Waals surface area contributed by atoms with Gasteiger partial charge in [-0.25, -0.2) is 4.98 Å². The van der Waals surface area contributed by atoms with Crippen molar-refractivity contribution in [2.24, 2.45) is 5.41 Å². The molecule has 4 nitrogen and oxygen atoms in total. The Morgan fingerprint density at radius 3 is 2.55 bits per heavy atom. The Labute approximate surface area is 241 Å². The molecule has 2 N–H and O–H groups in total. The molecule has 1 saturated carbocycles. The molecule has 4 aromatic rings. The molecule has 0 radical (unpaired) electrons. The van der Waals surface area contributed by atoms with Crippen LogP contribution in [0.15, 0.2) is 78.9 Å². The van der Waals surface area contributed by atoms with Crippen molar-refractivity contribution in [3.63, 3.8) is 0 Å². The maximum absolute atomic E-state index is 11.6. The van der Waals surface area contributed by atoms with Gasteiger partial charge in [0, 0.05) is 10.4 Å². The van der Waals surface area contributed by atoms with Gasteiger partial charge in [0.25, 0.3) is 0 Å². The lowest BCUT2D eigenvalue weighted by atomic mass is 9.80. The van der Waals surface area contributed by atoms with Crippen molar-refractivity contribution in [2.45, 2.75) is 63.9 Å². The Morgan fingerprint density at radius 1 is 1.02 bits per heavy atom. The fraction of sp³-hybridized carbons (Fsp3) is 0.314. The Hall–Kier alpha value is -3.47. The van der Waals surface area contributed by atoms with Gasteiger partial charge in [-0.05, 0) is 104 Å². The van der Waals surface area contributed by atoms with Gasteiger partial charge in [0.15, 0.2) is 0 Å². The van der Waals surface area contributed by atoms with Crippen molar-refractivity contribution in [3.8, 4) is 0 Å². The maximum atomic E-state index is 11.6. The predicted molar refractivity (Wildman–Crippen MR) is 163 cm³/mol. The molecule has 1 aliphatic rings. The fourth-order valence-electron chi connectivity index (χ4n) is 5.82. The smallest absolute Gasteiger partial charge is 0.303 e. The number of halogens is 1. The average Bonchev–Trinajstić information content (AvgIpc) is 3.67. The first kappa shape index (κ1) is 28.1. The zero-order valence-corrected chi connectivity index (χ0v) is 23.9. The zero-order valence-electron chi connectivity index (χ0n) is 23.1. The summed E-state index contributed by atoms with van der Waals surface area (Å²) in [4.78, 5) is 16.4. The molecule has 0 aliphatic heterocycles. The molecule has 1 fully saturated rings. The molecule has 1 atom stereocenters. The lowest BCUT2D eigenvalue weighted by Crippen LogP contribution is -2.19. The van der Waals surface area contributed by atoms with Crippen molar-refractivity contribution in [1.82, 2.24) is 4.98 Å². The van der Waals surface area contributed by atoms with Crippen LogP contribution in [0.2, 0.25) is 5.02 Å². The molecular formula is C35H36ClNO3. The van der Waals surface area contributed by atoms with Crippen LogP contribution in [0.1, 0.15) is 79.8 Å². The number of benzene rings is 3. The average molecular weight is 554 g/mol. The number of aliphatic hydroxyl groups is 1. The Balaban J connectivity index is 1.40. The molecule has 1 heterocycles. The van der Waals surface area contributed by atoms with Gasteiger partial charge in [0.1, 0.15) is 0 Å². The van der Waals surface area contributed by atoms with Crippen molar-refractivity contribution >= 4 is 40.6 Å². The van der Waals surface area contributed by atoms with E-state index in [0.29, 0.717) is 5.02 Å². The van der Waals surface area contributed by atoms with Crippen LogP contribution in [-0.2, 0) is 16.8 Å². The summed E-state index contributed by atoms with van der Waals surface area (Å²) in [5, 5.41) is 22.0. The van der Waals surface area contributed by atoms with Gasteiger partial charge in [-0.1, -0.05) is 78.3 Å². The number of nitrogens with zero attached hydrogens (tertiary/aromatic N) is 1. The van der Waals surface area contributed by atoms with E-state index in [0.717, 1.165) is 65.4 Å². The summed E-state index contributed by atoms with van der Waals surface area (Å²) in [6, 6.07) is 26.4. The third-order valence-corrected chi connectivity index (χ3v) is 8.34. The third kappa shape index (κ3) is 6.99. The SMILES string of the molecule is CC(C)(O)c1ccccc1CC[C@@H](CC1(CC(=O)O)CC1)c1cccc(C=Cc2ccc3ccc(Cl)cc3n2)c1. The van der Waals surface area contributed by atoms with Gasteiger partial charge >= 0.3 is 5.97 Å². The van der Waals surface area contributed by atoms with Gasteiger partial charge in [-0.3, -0.25) is 4.79 Å². The Morgan fingerprint density at radius 2 is 1.80 bits per heavy atom. The van der Waals surface area contributed by atoms with Crippen LogP contribution in [0.25, 0.3) is 23.1 Å². The molecule has 3 aromatic carbocycles. The van der Waals surface area contributed by atoms with E-state index >= 15 is 0 Å². The largest absolute Gasteiger partial charge is 0.481 e. The molecule has 0 saturated heterocycles. The first-order valence-electron chi connectivity index (χ1n) is 14.0. The number of fused-ring (bicyclic) bond motifs is 1. The van der Waals surface area contributed by atoms with Crippen LogP contribution in [0.4, 0.5) is 0 Å². The Kier molecular flexibility index (Phi) is 8.11. The van der Waals surface area contributed by atoms with Crippen LogP contribution in [0.5, 0.6) is 0 Å². The van der Waals surface area contributed by atoms with E-state index in [1.165, 1.54) is 5.56 Å². The minimum atomic E-state index is -0.917. The number of aliphatic carboxylic acids is 1. The lowest BCUT2D eigenvalue weighted by Gasteiger charge is -2.25. The van der Waals surface area contributed by atoms with Crippen molar-refractivity contribution < 1.29 is 15.0 Å². The lowest BCUT2D eigenvalue weighted by molar-refractivity contribution is -0.138. The topological polar surface area (TPSA) is 70.4 Å². The monoisotopic (exact) mass is 553 g/mol. The molecular weight excluding hydrogens is 518 g/mol. The standard InChI is InChI=1S/C35H36ClNO3/c1-34(2,40)31-9-4-3-7-25(31)11-12-28(22-35(18-19-35)23-33(38)39)27-8-5-6-24(20-27)10-16-30-17-14-26-13-15-29(36)21-32(26)37-30/h3-10,13-17,20-21,28,40H,11-12,18-19,22-23H2,1-2H3,(H,38,39)/t28-/m0/s1. The second-order valence-electron chi connectivity index (χ2n) is 11.8. The molecule has 1 aliphatic carbocycles. The van der Waals surface area contributed by atoms with Gasteiger partial charge in [-0.15, -0.1) is 0 Å². The van der Waals surface area contributed by atoms with Crippen molar-refractivity contribution in [1.29, 1.82) is 0 Å². The number of hydrogen-bond acceptors (Lipinski definition) is 3. The van der Waals surface area contributed by atoms with E-state index in [4.69, 9.17) is 16.6 Å². The van der Waals surface area contributed by atoms with E-state index in [2.05, 4.69) is 36.4 Å². The summed E-state index contributed by atoms with van der Waals surface area (Å²) < 4.78 is 0. The fourth-order valence-corrected chi connectivity index (χ4v) is 5.99. The summed E-state index contributed by atoms with van der Waals surface area (Å²) in [6.07, 6.45) is 8.80. The number of hydrogen-bond donors (Lipinski definition) is 2. The van der Waals surface area contributed by atoms with Gasteiger partial charge < -0.3 is 10.2 Å². The highest BCUT2D eigenvalue weighted by Crippen LogP contribution is 2.55. The van der Waals surface area contributed by atoms with E-state index in [-0.39, 0.29) is 17.8 Å². The van der Waals surface area contributed by atoms with Crippen molar-refractivity contribution in [3.05, 3.63) is 112 Å². The first-order valence-corrected chi connectivity index (χ1v) is 14.4. The molecule has 1 aromatic heterocycles. The van der Waals surface area contributed by atoms with Crippen LogP contribution >= 0.6 is 11.6 Å². The summed E-state index contributed by atoms with van der Waals surface area (Å²) in [5.74, 6) is -0.504. The van der Waals surface area contributed by atoms with Gasteiger partial charge in [-0.2, -0.15) is 0 Å². The maximum Gasteiger partial charge on any atom is 0.303 e. The highest BCUT2D eigenvalue weighted by Gasteiger charge is 2.45. The number of rotatable bonds is 11. The van der Waals surface area contributed by atoms with Crippen molar-refractivity contribution in [2.75, 3.05) is 0 Å². The minimum Gasteiger partial charge on any atom is -0.481 e. The Bertz CT molecular complexity index is 1550. The van der Waals surface area contributed by atoms with E-state index in [1.54, 1.807) is 0 Å². The van der Waals surface area contributed by atoms with Crippen LogP contribution < -0.4 is 0 Å². The summed E-state index contributed by atoms with van der Waals surface area (Å²) in [5.41, 5.74) is 5.08. The summed E-state index contributed by atoms with van der Waals surface area (Å²) in [7, 11) is 0. The third-order valence-electron chi connectivity index (χ3n) is 8.11. The number of carboxylic acid groups (broad SMARTS) is 1. The molecule has 5 heteroatoms. The van der Waals surface area contributed by atoms with Gasteiger partial charge in [0.05, 0.1) is 23.2 Å². The molecule has 0 amide bonds. The normalized spacial score (nSPS) is 15.4. The number of carboxylic acids is 1. The molecule has 40 heavy (non-hydrogen) atoms. The highest BCUT2D eigenvalue weighted by atomic mass is 35.5. The number of carbonyl (C=O) groups is 1. The highest BCUT2D eigenvalue weighted by molar-refractivity contribution is 6.31. The minimum absolute atomic E-state index is 0.117. The van der Waals surface area contributed by atoms with E-state index in [1.807, 2.05) is 68.5 Å². The van der Waals surface area contributed by atoms with E-state index in [9.17, 15) is 15.0 Å². The number of aromatic nitrogens is 1. The second kappa shape index (κ2) is 11.6. The molecule has 0 bridgehead atoms. The van der Waals surface area contributed by atoms with Crippen LogP contribution in [-0.4, -0.2) is 21.2 Å². The van der Waals surface area contributed by atoms with Crippen LogP contribution in [0, 0.1) is 5.41 Å². The molecule has 206 valence electrons. The predicted octanol–water partition coefficient (Wildman–Crippen LogP) is 8.65. The number of aryl methyl sites for hydroxylation is 1. The first-order chi connectivity index (χ1) is 19.1. The van der Waals surface area contributed by atoms with E-state index < -0.39 is 11.6 Å². The molecule has 5 rings (SSSR count). The molecule has 0 unspecified atom stereocenters. The van der Waals surface area contributed by atoms with Crippen LogP contribution in [0.3, 0.4) is 0 Å².